The normalized spacial score (nSPS) is 20.2. The highest BCUT2D eigenvalue weighted by atomic mass is 35.5. The molecule has 0 N–H and O–H groups in total. The van der Waals surface area contributed by atoms with Crippen molar-refractivity contribution in [3.8, 4) is 0 Å². The van der Waals surface area contributed by atoms with E-state index in [9.17, 15) is 0 Å². The third-order valence-corrected chi connectivity index (χ3v) is 4.16. The van der Waals surface area contributed by atoms with Crippen LogP contribution in [0, 0.1) is 0 Å². The molecular weight excluding hydrogens is 265 g/mol. The predicted octanol–water partition coefficient (Wildman–Crippen LogP) is 3.80. The van der Waals surface area contributed by atoms with Crippen molar-refractivity contribution in [1.29, 1.82) is 0 Å². The quantitative estimate of drug-likeness (QED) is 0.782. The maximum atomic E-state index is 6.06. The second-order valence-corrected chi connectivity index (χ2v) is 5.57. The Hall–Kier alpha value is 0.0400. The van der Waals surface area contributed by atoms with Gasteiger partial charge in [-0.2, -0.15) is 11.8 Å². The smallest absolute Gasteiger partial charge is 0.130 e. The third kappa shape index (κ3) is 3.52. The Morgan fingerprint density at radius 1 is 1.50 bits per heavy atom. The maximum absolute atomic E-state index is 6.06. The fourth-order valence-corrected chi connectivity index (χ4v) is 3.22. The highest BCUT2D eigenvalue weighted by Crippen LogP contribution is 2.25. The summed E-state index contributed by atoms with van der Waals surface area (Å²) in [5, 5.41) is 1.14. The van der Waals surface area contributed by atoms with Crippen molar-refractivity contribution >= 4 is 35.0 Å². The summed E-state index contributed by atoms with van der Waals surface area (Å²) in [6, 6.07) is 1.69. The molecule has 2 heterocycles. The standard InChI is InChI=1S/C11H13Cl2NOS/c12-10-4-11(13)14-5-8(10)6-16-7-9-2-1-3-15-9/h4-5,9H,1-3,6-7H2. The minimum absolute atomic E-state index is 0.420. The van der Waals surface area contributed by atoms with E-state index in [2.05, 4.69) is 4.98 Å². The van der Waals surface area contributed by atoms with Crippen LogP contribution < -0.4 is 0 Å². The molecule has 1 unspecified atom stereocenters. The molecule has 1 aromatic heterocycles. The minimum Gasteiger partial charge on any atom is -0.377 e. The SMILES string of the molecule is Clc1cc(Cl)c(CSCC2CCCO2)cn1. The molecule has 1 aromatic rings. The van der Waals surface area contributed by atoms with Gasteiger partial charge in [-0.05, 0) is 24.5 Å². The van der Waals surface area contributed by atoms with Crippen molar-refractivity contribution in [2.45, 2.75) is 24.7 Å². The molecule has 5 heteroatoms. The first-order valence-electron chi connectivity index (χ1n) is 5.25. The summed E-state index contributed by atoms with van der Waals surface area (Å²) in [5.41, 5.74) is 1.04. The first-order chi connectivity index (χ1) is 7.75. The number of pyridine rings is 1. The van der Waals surface area contributed by atoms with Crippen LogP contribution in [0.15, 0.2) is 12.3 Å². The van der Waals surface area contributed by atoms with Crippen LogP contribution in [0.3, 0.4) is 0 Å². The van der Waals surface area contributed by atoms with Gasteiger partial charge in [-0.1, -0.05) is 23.2 Å². The second-order valence-electron chi connectivity index (χ2n) is 3.75. The zero-order valence-corrected chi connectivity index (χ0v) is 11.1. The van der Waals surface area contributed by atoms with Crippen molar-refractivity contribution in [2.24, 2.45) is 0 Å². The Balaban J connectivity index is 1.80. The predicted molar refractivity (Wildman–Crippen MR) is 69.4 cm³/mol. The van der Waals surface area contributed by atoms with E-state index in [1.54, 1.807) is 12.3 Å². The molecule has 1 atom stereocenters. The van der Waals surface area contributed by atoms with Gasteiger partial charge in [-0.25, -0.2) is 4.98 Å². The largest absolute Gasteiger partial charge is 0.377 e. The summed E-state index contributed by atoms with van der Waals surface area (Å²) in [5.74, 6) is 1.89. The van der Waals surface area contributed by atoms with Crippen molar-refractivity contribution in [2.75, 3.05) is 12.4 Å². The van der Waals surface area contributed by atoms with Crippen LogP contribution in [0.1, 0.15) is 18.4 Å². The van der Waals surface area contributed by atoms with Gasteiger partial charge in [0.25, 0.3) is 0 Å². The van der Waals surface area contributed by atoms with E-state index < -0.39 is 0 Å². The van der Waals surface area contributed by atoms with E-state index >= 15 is 0 Å². The zero-order chi connectivity index (χ0) is 11.4. The van der Waals surface area contributed by atoms with Crippen LogP contribution in [0.5, 0.6) is 0 Å². The van der Waals surface area contributed by atoms with Crippen molar-refractivity contribution < 1.29 is 4.74 Å². The molecule has 1 aliphatic rings. The first kappa shape index (κ1) is 12.5. The average Bonchev–Trinajstić information content (AvgIpc) is 2.74. The van der Waals surface area contributed by atoms with Crippen LogP contribution >= 0.6 is 35.0 Å². The van der Waals surface area contributed by atoms with E-state index in [-0.39, 0.29) is 0 Å². The fraction of sp³-hybridized carbons (Fsp3) is 0.545. The molecular formula is C11H13Cl2NOS. The van der Waals surface area contributed by atoms with Gasteiger partial charge in [0.15, 0.2) is 0 Å². The van der Waals surface area contributed by atoms with Gasteiger partial charge >= 0.3 is 0 Å². The highest BCUT2D eigenvalue weighted by molar-refractivity contribution is 7.98. The number of rotatable bonds is 4. The Bertz CT molecular complexity index is 356. The van der Waals surface area contributed by atoms with Crippen LogP contribution in [-0.4, -0.2) is 23.4 Å². The summed E-state index contributed by atoms with van der Waals surface area (Å²) in [7, 11) is 0. The molecule has 1 saturated heterocycles. The summed E-state index contributed by atoms with van der Waals surface area (Å²) >= 11 is 13.6. The lowest BCUT2D eigenvalue weighted by molar-refractivity contribution is 0.129. The van der Waals surface area contributed by atoms with Gasteiger partial charge in [0.05, 0.1) is 6.10 Å². The van der Waals surface area contributed by atoms with E-state index in [1.165, 1.54) is 12.8 Å². The third-order valence-electron chi connectivity index (χ3n) is 2.48. The average molecular weight is 278 g/mol. The van der Waals surface area contributed by atoms with Gasteiger partial charge in [0.2, 0.25) is 0 Å². The van der Waals surface area contributed by atoms with E-state index in [4.69, 9.17) is 27.9 Å². The number of hydrogen-bond donors (Lipinski definition) is 0. The number of hydrogen-bond acceptors (Lipinski definition) is 3. The van der Waals surface area contributed by atoms with Crippen LogP contribution in [0.4, 0.5) is 0 Å². The second kappa shape index (κ2) is 6.10. The Morgan fingerprint density at radius 2 is 2.38 bits per heavy atom. The minimum atomic E-state index is 0.420. The topological polar surface area (TPSA) is 22.1 Å². The lowest BCUT2D eigenvalue weighted by Gasteiger charge is -2.09. The zero-order valence-electron chi connectivity index (χ0n) is 8.79. The summed E-state index contributed by atoms with van der Waals surface area (Å²) in [6.45, 7) is 0.911. The molecule has 2 rings (SSSR count). The fourth-order valence-electron chi connectivity index (χ4n) is 1.62. The molecule has 0 aliphatic carbocycles. The monoisotopic (exact) mass is 277 g/mol. The Labute approximate surface area is 110 Å². The van der Waals surface area contributed by atoms with Gasteiger partial charge in [-0.3, -0.25) is 0 Å². The summed E-state index contributed by atoms with van der Waals surface area (Å²) in [6.07, 6.45) is 4.53. The molecule has 0 saturated carbocycles. The molecule has 1 fully saturated rings. The van der Waals surface area contributed by atoms with Gasteiger partial charge in [-0.15, -0.1) is 0 Å². The van der Waals surface area contributed by atoms with E-state index in [0.717, 1.165) is 23.7 Å². The molecule has 2 nitrogen and oxygen atoms in total. The summed E-state index contributed by atoms with van der Waals surface area (Å²) in [4.78, 5) is 4.03. The molecule has 0 spiro atoms. The van der Waals surface area contributed by atoms with Crippen molar-refractivity contribution in [3.63, 3.8) is 0 Å². The molecule has 0 bridgehead atoms. The van der Waals surface area contributed by atoms with Gasteiger partial charge < -0.3 is 4.74 Å². The number of halogens is 2. The first-order valence-corrected chi connectivity index (χ1v) is 7.16. The van der Waals surface area contributed by atoms with Gasteiger partial charge in [0.1, 0.15) is 5.15 Å². The number of ether oxygens (including phenoxy) is 1. The molecule has 16 heavy (non-hydrogen) atoms. The number of nitrogens with zero attached hydrogens (tertiary/aromatic N) is 1. The number of aromatic nitrogens is 1. The van der Waals surface area contributed by atoms with Crippen LogP contribution in [-0.2, 0) is 10.5 Å². The highest BCUT2D eigenvalue weighted by Gasteiger charge is 2.15. The molecule has 0 amide bonds. The van der Waals surface area contributed by atoms with E-state index in [0.29, 0.717) is 16.3 Å². The summed E-state index contributed by atoms with van der Waals surface area (Å²) < 4.78 is 5.55. The van der Waals surface area contributed by atoms with Crippen molar-refractivity contribution in [3.05, 3.63) is 28.0 Å². The maximum Gasteiger partial charge on any atom is 0.130 e. The molecule has 88 valence electrons. The van der Waals surface area contributed by atoms with E-state index in [1.807, 2.05) is 11.8 Å². The molecule has 0 aromatic carbocycles. The number of thioether (sulfide) groups is 1. The van der Waals surface area contributed by atoms with Crippen LogP contribution in [0.2, 0.25) is 10.2 Å². The lowest BCUT2D eigenvalue weighted by atomic mass is 10.3. The molecule has 1 aliphatic heterocycles. The van der Waals surface area contributed by atoms with Crippen LogP contribution in [0.25, 0.3) is 0 Å². The Kier molecular flexibility index (Phi) is 4.77. The van der Waals surface area contributed by atoms with Crippen molar-refractivity contribution in [1.82, 2.24) is 4.98 Å². The molecule has 0 radical (unpaired) electrons. The Morgan fingerprint density at radius 3 is 3.06 bits per heavy atom. The lowest BCUT2D eigenvalue weighted by Crippen LogP contribution is -2.08. The van der Waals surface area contributed by atoms with Gasteiger partial charge in [0, 0.05) is 29.3 Å².